The maximum absolute atomic E-state index is 12.0. The molecular weight excluding hydrogens is 296 g/mol. The number of rotatable bonds is 7. The summed E-state index contributed by atoms with van der Waals surface area (Å²) in [6.45, 7) is 12.6. The lowest BCUT2D eigenvalue weighted by Crippen LogP contribution is -2.49. The van der Waals surface area contributed by atoms with E-state index < -0.39 is 11.7 Å². The van der Waals surface area contributed by atoms with Crippen molar-refractivity contribution < 1.29 is 19.1 Å². The number of cyclic esters (lactones) is 1. The van der Waals surface area contributed by atoms with Gasteiger partial charge in [0.05, 0.1) is 6.04 Å². The smallest absolute Gasteiger partial charge is 0.410 e. The van der Waals surface area contributed by atoms with Gasteiger partial charge in [0.1, 0.15) is 12.2 Å². The molecule has 1 rings (SSSR count). The third-order valence-corrected chi connectivity index (χ3v) is 3.83. The van der Waals surface area contributed by atoms with Gasteiger partial charge in [-0.05, 0) is 33.1 Å². The highest BCUT2D eigenvalue weighted by atomic mass is 16.6. The number of unbranched alkanes of at least 4 members (excludes halogenated alkanes) is 1. The van der Waals surface area contributed by atoms with Crippen molar-refractivity contribution in [3.63, 3.8) is 0 Å². The molecule has 1 aliphatic rings. The SMILES string of the molecule is CCCC[C@@H](CN1C(=O)OC[C@@H]1C(C)C)NC(=O)OC(C)(C)C. The topological polar surface area (TPSA) is 67.9 Å². The number of hydrogen-bond acceptors (Lipinski definition) is 4. The number of ether oxygens (including phenoxy) is 2. The first-order valence-corrected chi connectivity index (χ1v) is 8.57. The number of amides is 2. The van der Waals surface area contributed by atoms with E-state index in [-0.39, 0.29) is 18.2 Å². The van der Waals surface area contributed by atoms with Gasteiger partial charge in [-0.3, -0.25) is 4.90 Å². The summed E-state index contributed by atoms with van der Waals surface area (Å²) >= 11 is 0. The van der Waals surface area contributed by atoms with E-state index >= 15 is 0 Å². The summed E-state index contributed by atoms with van der Waals surface area (Å²) in [7, 11) is 0. The van der Waals surface area contributed by atoms with E-state index in [1.54, 1.807) is 4.90 Å². The molecule has 6 heteroatoms. The Hall–Kier alpha value is -1.46. The summed E-state index contributed by atoms with van der Waals surface area (Å²) in [5.74, 6) is 0.315. The summed E-state index contributed by atoms with van der Waals surface area (Å²) in [4.78, 5) is 25.7. The second-order valence-corrected chi connectivity index (χ2v) is 7.53. The molecule has 1 N–H and O–H groups in total. The number of carbonyl (C=O) groups is 2. The van der Waals surface area contributed by atoms with Crippen molar-refractivity contribution in [2.45, 2.75) is 78.5 Å². The van der Waals surface area contributed by atoms with Crippen molar-refractivity contribution in [2.75, 3.05) is 13.2 Å². The van der Waals surface area contributed by atoms with E-state index in [1.165, 1.54) is 0 Å². The van der Waals surface area contributed by atoms with Crippen LogP contribution in [-0.2, 0) is 9.47 Å². The fraction of sp³-hybridized carbons (Fsp3) is 0.882. The Labute approximate surface area is 139 Å². The molecule has 134 valence electrons. The molecule has 2 amide bonds. The third kappa shape index (κ3) is 6.67. The van der Waals surface area contributed by atoms with Crippen molar-refractivity contribution in [3.8, 4) is 0 Å². The van der Waals surface area contributed by atoms with E-state index in [9.17, 15) is 9.59 Å². The predicted octanol–water partition coefficient (Wildman–Crippen LogP) is 3.55. The monoisotopic (exact) mass is 328 g/mol. The van der Waals surface area contributed by atoms with Crippen LogP contribution in [0.15, 0.2) is 0 Å². The molecular formula is C17H32N2O4. The van der Waals surface area contributed by atoms with Gasteiger partial charge in [-0.25, -0.2) is 9.59 Å². The average molecular weight is 328 g/mol. The van der Waals surface area contributed by atoms with Crippen molar-refractivity contribution in [2.24, 2.45) is 5.92 Å². The van der Waals surface area contributed by atoms with Crippen LogP contribution in [0.3, 0.4) is 0 Å². The fourth-order valence-corrected chi connectivity index (χ4v) is 2.60. The quantitative estimate of drug-likeness (QED) is 0.776. The Kier molecular flexibility index (Phi) is 7.16. The Morgan fingerprint density at radius 1 is 1.43 bits per heavy atom. The van der Waals surface area contributed by atoms with E-state index in [1.807, 2.05) is 20.8 Å². The van der Waals surface area contributed by atoms with Gasteiger partial charge >= 0.3 is 12.2 Å². The van der Waals surface area contributed by atoms with Crippen LogP contribution in [0.25, 0.3) is 0 Å². The first-order chi connectivity index (χ1) is 10.6. The molecule has 0 saturated carbocycles. The zero-order valence-electron chi connectivity index (χ0n) is 15.3. The van der Waals surface area contributed by atoms with Crippen molar-refractivity contribution in [1.29, 1.82) is 0 Å². The third-order valence-electron chi connectivity index (χ3n) is 3.83. The Morgan fingerprint density at radius 2 is 2.09 bits per heavy atom. The molecule has 23 heavy (non-hydrogen) atoms. The Balaban J connectivity index is 2.69. The van der Waals surface area contributed by atoms with Crippen molar-refractivity contribution >= 4 is 12.2 Å². The summed E-state index contributed by atoms with van der Waals surface area (Å²) in [5, 5.41) is 2.90. The van der Waals surface area contributed by atoms with Gasteiger partial charge in [-0.15, -0.1) is 0 Å². The Morgan fingerprint density at radius 3 is 2.61 bits per heavy atom. The van der Waals surface area contributed by atoms with Crippen LogP contribution in [-0.4, -0.2) is 47.9 Å². The van der Waals surface area contributed by atoms with Gasteiger partial charge < -0.3 is 14.8 Å². The summed E-state index contributed by atoms with van der Waals surface area (Å²) in [6, 6.07) is -0.0660. The molecule has 1 fully saturated rings. The molecule has 2 atom stereocenters. The van der Waals surface area contributed by atoms with Crippen molar-refractivity contribution in [3.05, 3.63) is 0 Å². The summed E-state index contributed by atoms with van der Waals surface area (Å²) in [5.41, 5.74) is -0.535. The molecule has 1 heterocycles. The minimum Gasteiger partial charge on any atom is -0.447 e. The van der Waals surface area contributed by atoms with Crippen LogP contribution in [0, 0.1) is 5.92 Å². The zero-order valence-corrected chi connectivity index (χ0v) is 15.3. The van der Waals surface area contributed by atoms with Gasteiger partial charge in [-0.1, -0.05) is 33.6 Å². The van der Waals surface area contributed by atoms with Crippen LogP contribution in [0.2, 0.25) is 0 Å². The number of nitrogens with one attached hydrogen (secondary N) is 1. The fourth-order valence-electron chi connectivity index (χ4n) is 2.60. The minimum atomic E-state index is -0.535. The lowest BCUT2D eigenvalue weighted by Gasteiger charge is -2.30. The van der Waals surface area contributed by atoms with Gasteiger partial charge in [0, 0.05) is 12.6 Å². The minimum absolute atomic E-state index is 0.0621. The highest BCUT2D eigenvalue weighted by molar-refractivity contribution is 5.71. The van der Waals surface area contributed by atoms with Gasteiger partial charge in [0.15, 0.2) is 0 Å². The molecule has 1 aliphatic heterocycles. The average Bonchev–Trinajstić information content (AvgIpc) is 2.75. The molecule has 0 aromatic rings. The lowest BCUT2D eigenvalue weighted by molar-refractivity contribution is 0.0486. The maximum Gasteiger partial charge on any atom is 0.410 e. The number of nitrogens with zero attached hydrogens (tertiary/aromatic N) is 1. The molecule has 0 aliphatic carbocycles. The molecule has 0 spiro atoms. The zero-order chi connectivity index (χ0) is 17.6. The molecule has 0 unspecified atom stereocenters. The maximum atomic E-state index is 12.0. The standard InChI is InChI=1S/C17H32N2O4/c1-7-8-9-13(18-15(20)23-17(4,5)6)10-19-14(12(2)3)11-22-16(19)21/h12-14H,7-11H2,1-6H3,(H,18,20)/t13-,14+/m0/s1. The van der Waals surface area contributed by atoms with Crippen LogP contribution in [0.4, 0.5) is 9.59 Å². The van der Waals surface area contributed by atoms with Gasteiger partial charge in [-0.2, -0.15) is 0 Å². The van der Waals surface area contributed by atoms with Gasteiger partial charge in [0.25, 0.3) is 0 Å². The number of hydrogen-bond donors (Lipinski definition) is 1. The molecule has 0 radical (unpaired) electrons. The molecule has 0 bridgehead atoms. The summed E-state index contributed by atoms with van der Waals surface area (Å²) in [6.07, 6.45) is 2.09. The molecule has 0 aromatic carbocycles. The van der Waals surface area contributed by atoms with Crippen LogP contribution in [0.1, 0.15) is 60.8 Å². The normalized spacial score (nSPS) is 19.7. The second kappa shape index (κ2) is 8.41. The molecule has 1 saturated heterocycles. The van der Waals surface area contributed by atoms with E-state index in [0.29, 0.717) is 19.1 Å². The van der Waals surface area contributed by atoms with Crippen LogP contribution in [0.5, 0.6) is 0 Å². The van der Waals surface area contributed by atoms with E-state index in [2.05, 4.69) is 26.1 Å². The lowest BCUT2D eigenvalue weighted by atomic mass is 10.0. The van der Waals surface area contributed by atoms with Crippen LogP contribution >= 0.6 is 0 Å². The predicted molar refractivity (Wildman–Crippen MR) is 89.4 cm³/mol. The second-order valence-electron chi connectivity index (χ2n) is 7.53. The number of carbonyl (C=O) groups excluding carboxylic acids is 2. The van der Waals surface area contributed by atoms with Crippen LogP contribution < -0.4 is 5.32 Å². The molecule has 6 nitrogen and oxygen atoms in total. The first kappa shape index (κ1) is 19.6. The largest absolute Gasteiger partial charge is 0.447 e. The van der Waals surface area contributed by atoms with Crippen molar-refractivity contribution in [1.82, 2.24) is 10.2 Å². The first-order valence-electron chi connectivity index (χ1n) is 8.57. The molecule has 0 aromatic heterocycles. The van der Waals surface area contributed by atoms with E-state index in [4.69, 9.17) is 9.47 Å². The van der Waals surface area contributed by atoms with Gasteiger partial charge in [0.2, 0.25) is 0 Å². The highest BCUT2D eigenvalue weighted by Gasteiger charge is 2.36. The van der Waals surface area contributed by atoms with E-state index in [0.717, 1.165) is 19.3 Å². The number of alkyl carbamates (subject to hydrolysis) is 1. The highest BCUT2D eigenvalue weighted by Crippen LogP contribution is 2.20. The Bertz CT molecular complexity index is 404. The summed E-state index contributed by atoms with van der Waals surface area (Å²) < 4.78 is 10.5.